The van der Waals surface area contributed by atoms with Gasteiger partial charge in [0.1, 0.15) is 18.3 Å². The van der Waals surface area contributed by atoms with Crippen molar-refractivity contribution in [1.82, 2.24) is 0 Å². The highest BCUT2D eigenvalue weighted by atomic mass is 16.7. The average molecular weight is 575 g/mol. The molecular formula is C31H42O10. The van der Waals surface area contributed by atoms with Crippen molar-refractivity contribution < 1.29 is 47.7 Å². The van der Waals surface area contributed by atoms with Crippen LogP contribution in [-0.4, -0.2) is 65.3 Å². The third-order valence-corrected chi connectivity index (χ3v) is 9.57. The maximum absolute atomic E-state index is 14.3. The topological polar surface area (TPSA) is 135 Å². The molecule has 0 bridgehead atoms. The highest BCUT2D eigenvalue weighted by Crippen LogP contribution is 2.68. The van der Waals surface area contributed by atoms with Gasteiger partial charge in [-0.1, -0.05) is 33.8 Å². The third kappa shape index (κ3) is 4.91. The Hall–Kier alpha value is -3.01. The molecule has 0 N–H and O–H groups in total. The summed E-state index contributed by atoms with van der Waals surface area (Å²) in [5, 5.41) is 0. The lowest BCUT2D eigenvalue weighted by Gasteiger charge is -2.30. The normalized spacial score (nSPS) is 40.9. The zero-order chi connectivity index (χ0) is 30.8. The lowest BCUT2D eigenvalue weighted by molar-refractivity contribution is -0.165. The molecular weight excluding hydrogens is 532 g/mol. The van der Waals surface area contributed by atoms with Gasteiger partial charge < -0.3 is 23.7 Å². The second-order valence-electron chi connectivity index (χ2n) is 12.8. The lowest BCUT2D eigenvalue weighted by Crippen LogP contribution is -2.43. The number of carbonyl (C=O) groups is 5. The van der Waals surface area contributed by atoms with E-state index in [2.05, 4.69) is 0 Å². The smallest absolute Gasteiger partial charge is 0.333 e. The molecule has 10 nitrogen and oxygen atoms in total. The molecule has 0 spiro atoms. The van der Waals surface area contributed by atoms with Crippen LogP contribution in [0.3, 0.4) is 0 Å². The van der Waals surface area contributed by atoms with Gasteiger partial charge in [0, 0.05) is 38.2 Å². The zero-order valence-corrected chi connectivity index (χ0v) is 25.6. The first-order chi connectivity index (χ1) is 18.9. The third-order valence-electron chi connectivity index (χ3n) is 9.57. The van der Waals surface area contributed by atoms with Crippen LogP contribution in [0.5, 0.6) is 0 Å². The van der Waals surface area contributed by atoms with Crippen molar-refractivity contribution in [3.63, 3.8) is 0 Å². The molecule has 2 unspecified atom stereocenters. The highest BCUT2D eigenvalue weighted by Gasteiger charge is 2.84. The Balaban J connectivity index is 1.95. The zero-order valence-electron chi connectivity index (χ0n) is 25.6. The van der Waals surface area contributed by atoms with Crippen molar-refractivity contribution in [2.24, 2.45) is 29.1 Å². The van der Waals surface area contributed by atoms with Gasteiger partial charge >= 0.3 is 23.9 Å². The number of ether oxygens (including phenoxy) is 5. The van der Waals surface area contributed by atoms with Gasteiger partial charge in [0.05, 0.1) is 5.92 Å². The van der Waals surface area contributed by atoms with E-state index >= 15 is 0 Å². The van der Waals surface area contributed by atoms with E-state index in [9.17, 15) is 24.0 Å². The number of hydrogen-bond donors (Lipinski definition) is 0. The Morgan fingerprint density at radius 2 is 1.46 bits per heavy atom. The molecule has 0 aromatic carbocycles. The largest absolute Gasteiger partial charge is 0.461 e. The number of fused-ring (bicyclic) bond motifs is 1. The molecule has 10 heteroatoms. The van der Waals surface area contributed by atoms with E-state index in [4.69, 9.17) is 23.7 Å². The molecule has 10 atom stereocenters. The van der Waals surface area contributed by atoms with Crippen LogP contribution in [-0.2, 0) is 47.7 Å². The predicted molar refractivity (Wildman–Crippen MR) is 145 cm³/mol. The minimum atomic E-state index is -1.32. The maximum Gasteiger partial charge on any atom is 0.333 e. The van der Waals surface area contributed by atoms with Crippen molar-refractivity contribution in [3.8, 4) is 0 Å². The van der Waals surface area contributed by atoms with E-state index in [1.807, 2.05) is 20.8 Å². The summed E-state index contributed by atoms with van der Waals surface area (Å²) in [4.78, 5) is 64.4. The highest BCUT2D eigenvalue weighted by molar-refractivity contribution is 5.96. The van der Waals surface area contributed by atoms with E-state index < -0.39 is 82.7 Å². The Morgan fingerprint density at radius 3 is 2.00 bits per heavy atom. The van der Waals surface area contributed by atoms with Crippen LogP contribution in [0.1, 0.15) is 75.7 Å². The Labute approximate surface area is 241 Å². The molecule has 3 fully saturated rings. The lowest BCUT2D eigenvalue weighted by atomic mass is 9.80. The molecule has 4 rings (SSSR count). The van der Waals surface area contributed by atoms with Gasteiger partial charge in [-0.3, -0.25) is 19.2 Å². The van der Waals surface area contributed by atoms with Crippen molar-refractivity contribution in [3.05, 3.63) is 23.3 Å². The van der Waals surface area contributed by atoms with E-state index in [1.54, 1.807) is 39.8 Å². The minimum absolute atomic E-state index is 0.230. The summed E-state index contributed by atoms with van der Waals surface area (Å²) in [6.07, 6.45) is -0.0199. The van der Waals surface area contributed by atoms with Gasteiger partial charge in [0.2, 0.25) is 0 Å². The summed E-state index contributed by atoms with van der Waals surface area (Å²) >= 11 is 0. The fourth-order valence-electron chi connectivity index (χ4n) is 7.53. The fourth-order valence-corrected chi connectivity index (χ4v) is 7.53. The fraction of sp³-hybridized carbons (Fsp3) is 0.710. The van der Waals surface area contributed by atoms with Crippen LogP contribution >= 0.6 is 0 Å². The first kappa shape index (κ1) is 30.9. The molecule has 0 amide bonds. The average Bonchev–Trinajstić information content (AvgIpc) is 3.66. The van der Waals surface area contributed by atoms with Crippen molar-refractivity contribution >= 4 is 29.7 Å². The standard InChI is InChI=1S/C31H42O10/c1-11-14(2)28(36)40-25-22-21(29(22,9)10)24(38-19(7)33)17(5)26(35)30-13-16(4)27(39-20(8)34)31(30,41-30)12-15(3)23(25)37-18(6)32/h11-12,16-17,21-25,27H,13H2,1-10H3/t16-,17-,21-,22+,23+,24?,25-,27-,30-,31?/m0/s1. The van der Waals surface area contributed by atoms with Crippen molar-refractivity contribution in [2.45, 2.75) is 111 Å². The number of rotatable bonds is 5. The quantitative estimate of drug-likeness (QED) is 0.157. The van der Waals surface area contributed by atoms with Gasteiger partial charge in [-0.25, -0.2) is 4.79 Å². The number of allylic oxidation sites excluding steroid dienone is 1. The summed E-state index contributed by atoms with van der Waals surface area (Å²) in [6, 6.07) is 0. The Morgan fingerprint density at radius 1 is 0.902 bits per heavy atom. The van der Waals surface area contributed by atoms with Crippen molar-refractivity contribution in [1.29, 1.82) is 0 Å². The predicted octanol–water partition coefficient (Wildman–Crippen LogP) is 3.64. The van der Waals surface area contributed by atoms with E-state index in [0.29, 0.717) is 17.6 Å². The molecule has 0 radical (unpaired) electrons. The van der Waals surface area contributed by atoms with E-state index in [-0.39, 0.29) is 11.7 Å². The summed E-state index contributed by atoms with van der Waals surface area (Å²) in [5.74, 6) is -4.31. The summed E-state index contributed by atoms with van der Waals surface area (Å²) in [6.45, 7) is 16.5. The second kappa shape index (κ2) is 10.4. The van der Waals surface area contributed by atoms with Crippen LogP contribution in [0.25, 0.3) is 0 Å². The van der Waals surface area contributed by atoms with Gasteiger partial charge in [-0.15, -0.1) is 0 Å². The summed E-state index contributed by atoms with van der Waals surface area (Å²) < 4.78 is 29.8. The number of Topliss-reactive ketones (excluding diaryl/α,β-unsaturated/α-hetero) is 1. The van der Waals surface area contributed by atoms with Crippen LogP contribution < -0.4 is 0 Å². The molecule has 226 valence electrons. The second-order valence-corrected chi connectivity index (χ2v) is 12.8. The van der Waals surface area contributed by atoms with Crippen molar-refractivity contribution in [2.75, 3.05) is 0 Å². The van der Waals surface area contributed by atoms with Crippen LogP contribution in [0, 0.1) is 29.1 Å². The number of carbonyl (C=O) groups excluding carboxylic acids is 5. The molecule has 0 aromatic rings. The van der Waals surface area contributed by atoms with E-state index in [1.165, 1.54) is 20.8 Å². The molecule has 3 aliphatic carbocycles. The number of epoxide rings is 1. The number of hydrogen-bond acceptors (Lipinski definition) is 10. The monoisotopic (exact) mass is 574 g/mol. The number of esters is 4. The molecule has 1 saturated heterocycles. The SMILES string of the molecule is CC=C(C)C(=O)O[C@H]1[C@H]2[C@@H](C(OC(C)=O)[C@H](C)C(=O)[C@@]34C[C@H](C)[C@H](OC(C)=O)C3(C=C(C)[C@H]1OC(C)=O)O4)C2(C)C. The molecule has 0 aromatic heterocycles. The Bertz CT molecular complexity index is 1230. The van der Waals surface area contributed by atoms with Gasteiger partial charge in [-0.05, 0) is 50.2 Å². The Kier molecular flexibility index (Phi) is 7.82. The van der Waals surface area contributed by atoms with Crippen LogP contribution in [0.4, 0.5) is 0 Å². The molecule has 1 heterocycles. The van der Waals surface area contributed by atoms with Gasteiger partial charge in [0.25, 0.3) is 0 Å². The molecule has 2 saturated carbocycles. The van der Waals surface area contributed by atoms with E-state index in [0.717, 1.165) is 0 Å². The molecule has 1 aliphatic heterocycles. The number of ketones is 1. The first-order valence-corrected chi connectivity index (χ1v) is 14.2. The molecule has 4 aliphatic rings. The first-order valence-electron chi connectivity index (χ1n) is 14.2. The van der Waals surface area contributed by atoms with Gasteiger partial charge in [0.15, 0.2) is 23.1 Å². The summed E-state index contributed by atoms with van der Waals surface area (Å²) in [5.41, 5.74) is -2.31. The summed E-state index contributed by atoms with van der Waals surface area (Å²) in [7, 11) is 0. The van der Waals surface area contributed by atoms with Crippen LogP contribution in [0.15, 0.2) is 23.3 Å². The molecule has 41 heavy (non-hydrogen) atoms. The minimum Gasteiger partial charge on any atom is -0.461 e. The van der Waals surface area contributed by atoms with Gasteiger partial charge in [-0.2, -0.15) is 0 Å². The maximum atomic E-state index is 14.3. The van der Waals surface area contributed by atoms with Crippen LogP contribution in [0.2, 0.25) is 0 Å².